The summed E-state index contributed by atoms with van der Waals surface area (Å²) < 4.78 is 5.78. The number of carbonyl (C=O) groups is 2. The Morgan fingerprint density at radius 3 is 2.41 bits per heavy atom. The van der Waals surface area contributed by atoms with Crippen molar-refractivity contribution in [3.8, 4) is 11.3 Å². The van der Waals surface area contributed by atoms with Gasteiger partial charge in [-0.1, -0.05) is 41.4 Å². The lowest BCUT2D eigenvalue weighted by Gasteiger charge is -2.12. The molecule has 2 heterocycles. The molecule has 3 aromatic rings. The van der Waals surface area contributed by atoms with Gasteiger partial charge in [0.1, 0.15) is 11.5 Å². The highest BCUT2D eigenvalue weighted by atomic mass is 35.5. The van der Waals surface area contributed by atoms with E-state index in [-0.39, 0.29) is 10.1 Å². The van der Waals surface area contributed by atoms with Crippen molar-refractivity contribution >= 4 is 57.9 Å². The first-order valence-electron chi connectivity index (χ1n) is 7.90. The summed E-state index contributed by atoms with van der Waals surface area (Å²) in [6.07, 6.45) is 1.56. The van der Waals surface area contributed by atoms with Gasteiger partial charge in [0.15, 0.2) is 0 Å². The summed E-state index contributed by atoms with van der Waals surface area (Å²) in [5.41, 5.74) is 1.27. The molecule has 0 N–H and O–H groups in total. The number of carbonyl (C=O) groups excluding carboxylic acids is 2. The van der Waals surface area contributed by atoms with Gasteiger partial charge in [0, 0.05) is 21.7 Å². The molecule has 27 heavy (non-hydrogen) atoms. The highest BCUT2D eigenvalue weighted by Gasteiger charge is 2.36. The number of benzene rings is 2. The fourth-order valence-corrected chi connectivity index (χ4v) is 3.86. The Balaban J connectivity index is 1.62. The normalized spacial score (nSPS) is 15.8. The van der Waals surface area contributed by atoms with Gasteiger partial charge in [-0.3, -0.25) is 9.59 Å². The summed E-state index contributed by atoms with van der Waals surface area (Å²) in [6, 6.07) is 17.4. The molecule has 1 aromatic heterocycles. The molecule has 0 spiro atoms. The Kier molecular flexibility index (Phi) is 4.83. The molecule has 0 radical (unpaired) electrons. The van der Waals surface area contributed by atoms with Crippen LogP contribution in [0.1, 0.15) is 5.76 Å². The minimum Gasteiger partial charge on any atom is -0.457 e. The van der Waals surface area contributed by atoms with Crippen molar-refractivity contribution in [1.29, 1.82) is 0 Å². The van der Waals surface area contributed by atoms with Crippen LogP contribution in [-0.2, 0) is 4.79 Å². The zero-order chi connectivity index (χ0) is 19.0. The smallest absolute Gasteiger partial charge is 0.298 e. The Hall–Kier alpha value is -2.47. The highest BCUT2D eigenvalue weighted by molar-refractivity contribution is 8.19. The lowest BCUT2D eigenvalue weighted by Crippen LogP contribution is -2.27. The first-order valence-corrected chi connectivity index (χ1v) is 9.48. The molecule has 0 unspecified atom stereocenters. The van der Waals surface area contributed by atoms with Gasteiger partial charge in [0.2, 0.25) is 0 Å². The molecule has 0 bridgehead atoms. The van der Waals surface area contributed by atoms with Gasteiger partial charge in [0.05, 0.1) is 10.6 Å². The average Bonchev–Trinajstić information content (AvgIpc) is 3.20. The predicted molar refractivity (Wildman–Crippen MR) is 109 cm³/mol. The van der Waals surface area contributed by atoms with Crippen LogP contribution in [0.4, 0.5) is 10.5 Å². The molecule has 2 amide bonds. The average molecular weight is 416 g/mol. The second kappa shape index (κ2) is 7.27. The molecular formula is C20H11Cl2NO3S. The molecule has 0 saturated carbocycles. The maximum atomic E-state index is 12.7. The van der Waals surface area contributed by atoms with E-state index in [1.54, 1.807) is 54.6 Å². The number of imide groups is 1. The quantitative estimate of drug-likeness (QED) is 0.458. The zero-order valence-electron chi connectivity index (χ0n) is 13.7. The van der Waals surface area contributed by atoms with Crippen LogP contribution in [0, 0.1) is 0 Å². The first-order chi connectivity index (χ1) is 13.0. The number of nitrogens with zero attached hydrogens (tertiary/aromatic N) is 1. The molecule has 7 heteroatoms. The lowest BCUT2D eigenvalue weighted by atomic mass is 10.2. The second-order valence-electron chi connectivity index (χ2n) is 5.71. The van der Waals surface area contributed by atoms with Gasteiger partial charge in [-0.25, -0.2) is 4.90 Å². The maximum Gasteiger partial charge on any atom is 0.298 e. The van der Waals surface area contributed by atoms with E-state index in [9.17, 15) is 9.59 Å². The third-order valence-electron chi connectivity index (χ3n) is 3.87. The molecule has 4 nitrogen and oxygen atoms in total. The number of amides is 2. The minimum atomic E-state index is -0.409. The van der Waals surface area contributed by atoms with Crippen LogP contribution < -0.4 is 4.90 Å². The number of anilines is 1. The monoisotopic (exact) mass is 415 g/mol. The molecule has 1 aliphatic heterocycles. The van der Waals surface area contributed by atoms with Crippen molar-refractivity contribution in [2.45, 2.75) is 0 Å². The zero-order valence-corrected chi connectivity index (χ0v) is 16.0. The molecule has 1 fully saturated rings. The number of thioether (sulfide) groups is 1. The van der Waals surface area contributed by atoms with Gasteiger partial charge in [-0.2, -0.15) is 0 Å². The van der Waals surface area contributed by atoms with Crippen LogP contribution in [0.25, 0.3) is 17.4 Å². The van der Waals surface area contributed by atoms with Crippen LogP contribution in [0.3, 0.4) is 0 Å². The molecule has 134 valence electrons. The number of hydrogen-bond donors (Lipinski definition) is 0. The third-order valence-corrected chi connectivity index (χ3v) is 5.21. The van der Waals surface area contributed by atoms with E-state index in [0.29, 0.717) is 27.3 Å². The van der Waals surface area contributed by atoms with E-state index in [1.807, 2.05) is 12.1 Å². The van der Waals surface area contributed by atoms with E-state index in [1.165, 1.54) is 0 Å². The summed E-state index contributed by atoms with van der Waals surface area (Å²) in [6.45, 7) is 0. The highest BCUT2D eigenvalue weighted by Crippen LogP contribution is 2.37. The summed E-state index contributed by atoms with van der Waals surface area (Å²) in [4.78, 5) is 26.4. The van der Waals surface area contributed by atoms with Crippen LogP contribution in [-0.4, -0.2) is 11.1 Å². The fourth-order valence-electron chi connectivity index (χ4n) is 2.66. The number of rotatable bonds is 3. The van der Waals surface area contributed by atoms with Gasteiger partial charge in [0.25, 0.3) is 11.1 Å². The second-order valence-corrected chi connectivity index (χ2v) is 7.58. The topological polar surface area (TPSA) is 50.5 Å². The third kappa shape index (κ3) is 3.67. The van der Waals surface area contributed by atoms with E-state index in [4.69, 9.17) is 27.6 Å². The Labute approximate surface area is 169 Å². The van der Waals surface area contributed by atoms with Gasteiger partial charge < -0.3 is 4.42 Å². The molecule has 1 saturated heterocycles. The summed E-state index contributed by atoms with van der Waals surface area (Å²) in [5.74, 6) is 0.687. The van der Waals surface area contributed by atoms with Gasteiger partial charge >= 0.3 is 0 Å². The van der Waals surface area contributed by atoms with E-state index in [0.717, 1.165) is 22.2 Å². The molecular weight excluding hydrogens is 405 g/mol. The maximum absolute atomic E-state index is 12.7. The standard InChI is InChI=1S/C20H11Cl2NO3S/c21-13-4-1-3-12(9-13)17-8-7-16(26-17)11-18-19(24)23(20(25)27-18)15-6-2-5-14(22)10-15/h1-11H/b18-11+. The first kappa shape index (κ1) is 17.9. The van der Waals surface area contributed by atoms with Crippen molar-refractivity contribution in [3.05, 3.63) is 81.4 Å². The number of halogens is 2. The van der Waals surface area contributed by atoms with Gasteiger partial charge in [-0.05, 0) is 54.2 Å². The SMILES string of the molecule is O=C1S/C(=C/c2ccc(-c3cccc(Cl)c3)o2)C(=O)N1c1cccc(Cl)c1. The van der Waals surface area contributed by atoms with Crippen LogP contribution >= 0.6 is 35.0 Å². The van der Waals surface area contributed by atoms with Crippen molar-refractivity contribution < 1.29 is 14.0 Å². The number of furan rings is 1. The van der Waals surface area contributed by atoms with Crippen LogP contribution in [0.5, 0.6) is 0 Å². The van der Waals surface area contributed by atoms with Gasteiger partial charge in [-0.15, -0.1) is 0 Å². The summed E-state index contributed by atoms with van der Waals surface area (Å²) >= 11 is 12.8. The van der Waals surface area contributed by atoms with E-state index >= 15 is 0 Å². The van der Waals surface area contributed by atoms with Crippen molar-refractivity contribution in [3.63, 3.8) is 0 Å². The molecule has 4 rings (SSSR count). The largest absolute Gasteiger partial charge is 0.457 e. The molecule has 0 aliphatic carbocycles. The summed E-state index contributed by atoms with van der Waals surface area (Å²) in [7, 11) is 0. The Morgan fingerprint density at radius 1 is 0.926 bits per heavy atom. The van der Waals surface area contributed by atoms with Crippen molar-refractivity contribution in [2.75, 3.05) is 4.90 Å². The molecule has 1 aliphatic rings. The van der Waals surface area contributed by atoms with Crippen LogP contribution in [0.2, 0.25) is 10.0 Å². The molecule has 2 aromatic carbocycles. The van der Waals surface area contributed by atoms with Crippen molar-refractivity contribution in [2.24, 2.45) is 0 Å². The predicted octanol–water partition coefficient (Wildman–Crippen LogP) is 6.49. The Bertz CT molecular complexity index is 1090. The Morgan fingerprint density at radius 2 is 1.67 bits per heavy atom. The lowest BCUT2D eigenvalue weighted by molar-refractivity contribution is -0.113. The fraction of sp³-hybridized carbons (Fsp3) is 0. The van der Waals surface area contributed by atoms with E-state index in [2.05, 4.69) is 0 Å². The minimum absolute atomic E-state index is 0.284. The summed E-state index contributed by atoms with van der Waals surface area (Å²) in [5, 5.41) is 0.677. The van der Waals surface area contributed by atoms with Crippen molar-refractivity contribution in [1.82, 2.24) is 0 Å². The molecule has 0 atom stereocenters. The van der Waals surface area contributed by atoms with E-state index < -0.39 is 5.91 Å². The van der Waals surface area contributed by atoms with Crippen LogP contribution in [0.15, 0.2) is 70.0 Å². The number of hydrogen-bond acceptors (Lipinski definition) is 4.